The van der Waals surface area contributed by atoms with Gasteiger partial charge in [0.2, 0.25) is 0 Å². The Morgan fingerprint density at radius 1 is 1.50 bits per heavy atom. The molecule has 2 aromatic rings. The van der Waals surface area contributed by atoms with Gasteiger partial charge in [-0.05, 0) is 6.26 Å². The second-order valence-corrected chi connectivity index (χ2v) is 4.17. The smallest absolute Gasteiger partial charge is 0.165 e. The molecule has 0 aliphatic heterocycles. The lowest BCUT2D eigenvalue weighted by molar-refractivity contribution is 0.903. The molecule has 0 saturated heterocycles. The molecule has 0 N–H and O–H groups in total. The monoisotopic (exact) mass is 228 g/mol. The van der Waals surface area contributed by atoms with Gasteiger partial charge >= 0.3 is 0 Å². The Bertz CT molecular complexity index is 442. The maximum atomic E-state index is 5.74. The summed E-state index contributed by atoms with van der Waals surface area (Å²) in [6.45, 7) is 0. The summed E-state index contributed by atoms with van der Waals surface area (Å²) in [5.74, 6) is 1.96. The molecule has 0 aliphatic carbocycles. The molecular formula is C8H9ClN4S. The normalized spacial score (nSPS) is 11.0. The quantitative estimate of drug-likeness (QED) is 0.750. The zero-order valence-electron chi connectivity index (χ0n) is 7.64. The van der Waals surface area contributed by atoms with Gasteiger partial charge in [0, 0.05) is 18.2 Å². The van der Waals surface area contributed by atoms with Gasteiger partial charge in [-0.2, -0.15) is 11.8 Å². The summed E-state index contributed by atoms with van der Waals surface area (Å²) >= 11 is 7.52. The van der Waals surface area contributed by atoms with Crippen LogP contribution in [0.1, 0.15) is 5.82 Å². The van der Waals surface area contributed by atoms with Gasteiger partial charge in [0.15, 0.2) is 5.65 Å². The van der Waals surface area contributed by atoms with Crippen LogP contribution in [0, 0.1) is 0 Å². The van der Waals surface area contributed by atoms with Crippen LogP contribution < -0.4 is 0 Å². The summed E-state index contributed by atoms with van der Waals surface area (Å²) in [7, 11) is 0. The number of thioether (sulfide) groups is 1. The molecule has 4 nitrogen and oxygen atoms in total. The van der Waals surface area contributed by atoms with E-state index in [1.807, 2.05) is 4.40 Å². The first-order valence-electron chi connectivity index (χ1n) is 4.15. The van der Waals surface area contributed by atoms with Crippen LogP contribution >= 0.6 is 23.4 Å². The first-order valence-corrected chi connectivity index (χ1v) is 5.92. The molecular weight excluding hydrogens is 220 g/mol. The summed E-state index contributed by atoms with van der Waals surface area (Å²) < 4.78 is 1.86. The summed E-state index contributed by atoms with van der Waals surface area (Å²) in [6.07, 6.45) is 4.62. The second-order valence-electron chi connectivity index (χ2n) is 2.80. The van der Waals surface area contributed by atoms with Crippen molar-refractivity contribution in [3.63, 3.8) is 0 Å². The molecule has 0 aromatic carbocycles. The van der Waals surface area contributed by atoms with Gasteiger partial charge in [0.1, 0.15) is 17.3 Å². The Hall–Kier alpha value is -0.810. The fourth-order valence-electron chi connectivity index (χ4n) is 1.18. The van der Waals surface area contributed by atoms with Crippen molar-refractivity contribution in [1.82, 2.24) is 19.6 Å². The SMILES string of the molecule is CSCCc1nnc2cc(Cl)ncn12. The van der Waals surface area contributed by atoms with Gasteiger partial charge in [-0.1, -0.05) is 11.6 Å². The number of nitrogens with zero attached hydrogens (tertiary/aromatic N) is 4. The molecule has 0 aliphatic rings. The highest BCUT2D eigenvalue weighted by molar-refractivity contribution is 7.98. The lowest BCUT2D eigenvalue weighted by atomic mass is 10.4. The van der Waals surface area contributed by atoms with Crippen LogP contribution in [0.3, 0.4) is 0 Å². The molecule has 6 heteroatoms. The van der Waals surface area contributed by atoms with Crippen molar-refractivity contribution >= 4 is 29.0 Å². The molecule has 0 amide bonds. The van der Waals surface area contributed by atoms with E-state index in [4.69, 9.17) is 11.6 Å². The summed E-state index contributed by atoms with van der Waals surface area (Å²) in [5.41, 5.74) is 0.751. The zero-order valence-corrected chi connectivity index (χ0v) is 9.22. The van der Waals surface area contributed by atoms with Crippen LogP contribution in [0.15, 0.2) is 12.4 Å². The molecule has 0 bridgehead atoms. The van der Waals surface area contributed by atoms with Crippen molar-refractivity contribution in [2.75, 3.05) is 12.0 Å². The van der Waals surface area contributed by atoms with Crippen molar-refractivity contribution in [3.8, 4) is 0 Å². The molecule has 74 valence electrons. The fraction of sp³-hybridized carbons (Fsp3) is 0.375. The number of fused-ring (bicyclic) bond motifs is 1. The van der Waals surface area contributed by atoms with E-state index in [-0.39, 0.29) is 0 Å². The van der Waals surface area contributed by atoms with Gasteiger partial charge in [-0.25, -0.2) is 4.98 Å². The second kappa shape index (κ2) is 4.14. The average Bonchev–Trinajstić information content (AvgIpc) is 2.57. The fourth-order valence-corrected chi connectivity index (χ4v) is 1.71. The number of aromatic nitrogens is 4. The molecule has 0 unspecified atom stereocenters. The van der Waals surface area contributed by atoms with E-state index in [1.165, 1.54) is 0 Å². The lowest BCUT2D eigenvalue weighted by Gasteiger charge is -1.97. The summed E-state index contributed by atoms with van der Waals surface area (Å²) in [5, 5.41) is 8.53. The minimum absolute atomic E-state index is 0.446. The number of hydrogen-bond donors (Lipinski definition) is 0. The van der Waals surface area contributed by atoms with Gasteiger partial charge in [-0.15, -0.1) is 10.2 Å². The van der Waals surface area contributed by atoms with E-state index in [0.29, 0.717) is 5.15 Å². The average molecular weight is 229 g/mol. The van der Waals surface area contributed by atoms with E-state index >= 15 is 0 Å². The van der Waals surface area contributed by atoms with Crippen molar-refractivity contribution in [2.24, 2.45) is 0 Å². The first-order chi connectivity index (χ1) is 6.81. The molecule has 14 heavy (non-hydrogen) atoms. The van der Waals surface area contributed by atoms with Crippen molar-refractivity contribution < 1.29 is 0 Å². The van der Waals surface area contributed by atoms with Gasteiger partial charge in [0.05, 0.1) is 0 Å². The maximum Gasteiger partial charge on any atom is 0.165 e. The molecule has 0 radical (unpaired) electrons. The van der Waals surface area contributed by atoms with E-state index in [1.54, 1.807) is 24.2 Å². The molecule has 0 saturated carbocycles. The minimum atomic E-state index is 0.446. The molecule has 2 rings (SSSR count). The molecule has 0 fully saturated rings. The lowest BCUT2D eigenvalue weighted by Crippen LogP contribution is -1.97. The molecule has 0 spiro atoms. The van der Waals surface area contributed by atoms with Gasteiger partial charge in [-0.3, -0.25) is 4.40 Å². The maximum absolute atomic E-state index is 5.74. The zero-order chi connectivity index (χ0) is 9.97. The Balaban J connectivity index is 2.37. The third kappa shape index (κ3) is 1.83. The highest BCUT2D eigenvalue weighted by atomic mass is 35.5. The van der Waals surface area contributed by atoms with Crippen LogP contribution in [0.2, 0.25) is 5.15 Å². The van der Waals surface area contributed by atoms with Crippen LogP contribution in [0.5, 0.6) is 0 Å². The molecule has 2 aromatic heterocycles. The Kier molecular flexibility index (Phi) is 2.88. The van der Waals surface area contributed by atoms with Crippen LogP contribution in [-0.4, -0.2) is 31.6 Å². The predicted molar refractivity (Wildman–Crippen MR) is 57.9 cm³/mol. The minimum Gasteiger partial charge on any atom is -0.269 e. The third-order valence-corrected chi connectivity index (χ3v) is 2.69. The van der Waals surface area contributed by atoms with E-state index < -0.39 is 0 Å². The Labute approximate surface area is 90.7 Å². The number of halogens is 1. The number of rotatable bonds is 3. The van der Waals surface area contributed by atoms with Crippen LogP contribution in [0.25, 0.3) is 5.65 Å². The summed E-state index contributed by atoms with van der Waals surface area (Å²) in [6, 6.07) is 1.71. The summed E-state index contributed by atoms with van der Waals surface area (Å²) in [4.78, 5) is 3.99. The van der Waals surface area contributed by atoms with Crippen molar-refractivity contribution in [1.29, 1.82) is 0 Å². The van der Waals surface area contributed by atoms with Crippen molar-refractivity contribution in [2.45, 2.75) is 6.42 Å². The Morgan fingerprint density at radius 3 is 3.14 bits per heavy atom. The van der Waals surface area contributed by atoms with Crippen molar-refractivity contribution in [3.05, 3.63) is 23.4 Å². The van der Waals surface area contributed by atoms with E-state index in [0.717, 1.165) is 23.6 Å². The Morgan fingerprint density at radius 2 is 2.36 bits per heavy atom. The standard InChI is InChI=1S/C8H9ClN4S/c1-14-3-2-7-11-12-8-4-6(9)10-5-13(7)8/h4-5H,2-3H2,1H3. The highest BCUT2D eigenvalue weighted by Crippen LogP contribution is 2.09. The number of hydrogen-bond acceptors (Lipinski definition) is 4. The third-order valence-electron chi connectivity index (χ3n) is 1.87. The van der Waals surface area contributed by atoms with E-state index in [9.17, 15) is 0 Å². The van der Waals surface area contributed by atoms with E-state index in [2.05, 4.69) is 21.4 Å². The number of aryl methyl sites for hydroxylation is 1. The molecule has 2 heterocycles. The van der Waals surface area contributed by atoms with Gasteiger partial charge < -0.3 is 0 Å². The molecule has 0 atom stereocenters. The van der Waals surface area contributed by atoms with Crippen LogP contribution in [-0.2, 0) is 6.42 Å². The first kappa shape index (κ1) is 9.73. The highest BCUT2D eigenvalue weighted by Gasteiger charge is 2.05. The largest absolute Gasteiger partial charge is 0.269 e. The van der Waals surface area contributed by atoms with Gasteiger partial charge in [0.25, 0.3) is 0 Å². The topological polar surface area (TPSA) is 43.1 Å². The van der Waals surface area contributed by atoms with Crippen LogP contribution in [0.4, 0.5) is 0 Å². The predicted octanol–water partition coefficient (Wildman–Crippen LogP) is 1.68.